The number of para-hydroxylation sites is 1. The maximum Gasteiger partial charge on any atom is 0.137 e. The Morgan fingerprint density at radius 3 is 2.25 bits per heavy atom. The van der Waals surface area contributed by atoms with E-state index in [0.29, 0.717) is 17.8 Å². The molecule has 5 heteroatoms. The minimum atomic E-state index is -0.125. The lowest BCUT2D eigenvalue weighted by atomic mass is 9.70. The van der Waals surface area contributed by atoms with E-state index in [1.165, 1.54) is 45.2 Å². The minimum absolute atomic E-state index is 0.0965. The van der Waals surface area contributed by atoms with Gasteiger partial charge in [0.1, 0.15) is 17.3 Å². The zero-order valence-electron chi connectivity index (χ0n) is 32.4. The van der Waals surface area contributed by atoms with Gasteiger partial charge in [0.05, 0.1) is 28.1 Å². The second-order valence-corrected chi connectivity index (χ2v) is 17.1. The predicted octanol–water partition coefficient (Wildman–Crippen LogP) is 12.3. The number of hydrogen-bond acceptors (Lipinski definition) is 3. The minimum Gasteiger partial charge on any atom is -0.457 e. The second-order valence-electron chi connectivity index (χ2n) is 17.1. The summed E-state index contributed by atoms with van der Waals surface area (Å²) in [5.41, 5.74) is 10.7. The van der Waals surface area contributed by atoms with E-state index < -0.39 is 0 Å². The summed E-state index contributed by atoms with van der Waals surface area (Å²) in [7, 11) is 0. The Kier molecular flexibility index (Phi) is 8.76. The Bertz CT molecular complexity index is 2290. The number of rotatable bonds is 6. The summed E-state index contributed by atoms with van der Waals surface area (Å²) in [6.45, 7) is 25.2. The molecule has 0 radical (unpaired) electrons. The Balaban J connectivity index is 1.38. The first-order chi connectivity index (χ1) is 24.1. The number of hydrogen-bond donors (Lipinski definition) is 0. The highest BCUT2D eigenvalue weighted by molar-refractivity contribution is 6.09. The summed E-state index contributed by atoms with van der Waals surface area (Å²) >= 11 is 0. The molecular formula is C46H54N4O. The second kappa shape index (κ2) is 12.8. The molecule has 0 saturated heterocycles. The number of allylic oxidation sites excluding steroid dienone is 2. The van der Waals surface area contributed by atoms with Gasteiger partial charge in [-0.2, -0.15) is 5.10 Å². The van der Waals surface area contributed by atoms with Crippen molar-refractivity contribution in [1.29, 1.82) is 0 Å². The van der Waals surface area contributed by atoms with Crippen LogP contribution in [0.2, 0.25) is 0 Å². The molecule has 0 bridgehead atoms. The van der Waals surface area contributed by atoms with Crippen LogP contribution in [0.5, 0.6) is 11.5 Å². The molecule has 1 aliphatic rings. The van der Waals surface area contributed by atoms with Crippen molar-refractivity contribution in [2.75, 3.05) is 0 Å². The molecule has 0 amide bonds. The Morgan fingerprint density at radius 1 is 0.804 bits per heavy atom. The molecule has 0 fully saturated rings. The van der Waals surface area contributed by atoms with Crippen LogP contribution in [0.3, 0.4) is 0 Å². The fraction of sp³-hybridized carbons (Fsp3) is 0.391. The molecule has 1 unspecified atom stereocenters. The quantitative estimate of drug-likeness (QED) is 0.165. The van der Waals surface area contributed by atoms with Gasteiger partial charge in [-0.3, -0.25) is 4.57 Å². The van der Waals surface area contributed by atoms with Crippen LogP contribution >= 0.6 is 0 Å². The highest BCUT2D eigenvalue weighted by atomic mass is 16.5. The lowest BCUT2D eigenvalue weighted by molar-refractivity contribution is 0.385. The number of aromatic nitrogens is 4. The van der Waals surface area contributed by atoms with Gasteiger partial charge in [0, 0.05) is 46.0 Å². The Labute approximate surface area is 304 Å². The van der Waals surface area contributed by atoms with Crippen LogP contribution in [0.1, 0.15) is 110 Å². The van der Waals surface area contributed by atoms with E-state index in [4.69, 9.17) is 14.8 Å². The van der Waals surface area contributed by atoms with Gasteiger partial charge in [-0.25, -0.2) is 9.67 Å². The predicted molar refractivity (Wildman–Crippen MR) is 213 cm³/mol. The number of pyridine rings is 1. The molecule has 0 N–H and O–H groups in total. The highest BCUT2D eigenvalue weighted by Crippen LogP contribution is 2.46. The fourth-order valence-electron chi connectivity index (χ4n) is 8.52. The van der Waals surface area contributed by atoms with Crippen LogP contribution in [0, 0.1) is 18.8 Å². The topological polar surface area (TPSA) is 44.9 Å². The molecule has 3 aromatic carbocycles. The van der Waals surface area contributed by atoms with Crippen molar-refractivity contribution in [2.45, 2.75) is 106 Å². The lowest BCUT2D eigenvalue weighted by Gasteiger charge is -2.34. The summed E-state index contributed by atoms with van der Waals surface area (Å²) in [4.78, 5) is 4.82. The average Bonchev–Trinajstić information content (AvgIpc) is 3.58. The number of fused-ring (bicyclic) bond motifs is 3. The van der Waals surface area contributed by atoms with Crippen molar-refractivity contribution < 1.29 is 4.74 Å². The van der Waals surface area contributed by atoms with E-state index in [2.05, 4.69) is 164 Å². The van der Waals surface area contributed by atoms with Gasteiger partial charge in [-0.05, 0) is 97.5 Å². The van der Waals surface area contributed by atoms with Crippen molar-refractivity contribution in [2.24, 2.45) is 11.8 Å². The molecule has 3 aromatic heterocycles. The molecule has 5 nitrogen and oxygen atoms in total. The van der Waals surface area contributed by atoms with Crippen molar-refractivity contribution in [3.8, 4) is 23.0 Å². The van der Waals surface area contributed by atoms with Gasteiger partial charge in [-0.15, -0.1) is 0 Å². The summed E-state index contributed by atoms with van der Waals surface area (Å²) in [6.07, 6.45) is 6.54. The average molecular weight is 679 g/mol. The molecular weight excluding hydrogens is 625 g/mol. The van der Waals surface area contributed by atoms with Crippen molar-refractivity contribution in [3.05, 3.63) is 119 Å². The zero-order valence-corrected chi connectivity index (χ0v) is 32.4. The molecule has 264 valence electrons. The Hall–Kier alpha value is -4.64. The van der Waals surface area contributed by atoms with E-state index in [1.807, 2.05) is 6.20 Å². The first-order valence-corrected chi connectivity index (χ1v) is 18.7. The zero-order chi connectivity index (χ0) is 36.4. The maximum atomic E-state index is 6.86. The first kappa shape index (κ1) is 34.8. The van der Waals surface area contributed by atoms with Gasteiger partial charge in [0.15, 0.2) is 0 Å². The summed E-state index contributed by atoms with van der Waals surface area (Å²) in [6, 6.07) is 26.0. The highest BCUT2D eigenvalue weighted by Gasteiger charge is 2.36. The molecule has 1 aliphatic carbocycles. The first-order valence-electron chi connectivity index (χ1n) is 18.7. The largest absolute Gasteiger partial charge is 0.457 e. The molecule has 0 spiro atoms. The standard InChI is InChI=1S/C46H54N4O/c1-12-32-19-20-47-41(23-32)49-39-16-14-13-15-37(39)38-18-17-35(27-40(38)49)51-36-25-33(45(6,7)8)24-34(26-36)50-44(46(9,10)11)43(31(5)48-50)42-29(3)21-28(2)22-30(42)4/h13-21,23-28,30,42H,12,22H2,1-11H3/t28-,30-,42?/m0/s1. The van der Waals surface area contributed by atoms with E-state index in [-0.39, 0.29) is 10.8 Å². The van der Waals surface area contributed by atoms with Crippen molar-refractivity contribution in [3.63, 3.8) is 0 Å². The third-order valence-electron chi connectivity index (χ3n) is 10.8. The summed E-state index contributed by atoms with van der Waals surface area (Å²) < 4.78 is 11.3. The van der Waals surface area contributed by atoms with Crippen LogP contribution in [0.4, 0.5) is 0 Å². The van der Waals surface area contributed by atoms with Crippen LogP contribution in [-0.2, 0) is 17.3 Å². The van der Waals surface area contributed by atoms with E-state index in [9.17, 15) is 0 Å². The van der Waals surface area contributed by atoms with Crippen molar-refractivity contribution >= 4 is 21.8 Å². The SMILES string of the molecule is CCc1ccnc(-n2c3ccccc3c3ccc(Oc4cc(-n5nc(C)c(C6C(C)=C[C@H](C)C[C@@H]6C)c5C(C)(C)C)cc(C(C)(C)C)c4)cc32)c1. The lowest BCUT2D eigenvalue weighted by Crippen LogP contribution is -2.25. The van der Waals surface area contributed by atoms with Gasteiger partial charge >= 0.3 is 0 Å². The molecule has 0 saturated carbocycles. The number of benzene rings is 3. The van der Waals surface area contributed by atoms with E-state index in [1.54, 1.807) is 0 Å². The van der Waals surface area contributed by atoms with Gasteiger partial charge in [-0.1, -0.05) is 92.2 Å². The number of nitrogens with zero attached hydrogens (tertiary/aromatic N) is 4. The summed E-state index contributed by atoms with van der Waals surface area (Å²) in [5, 5.41) is 7.71. The molecule has 6 aromatic rings. The molecule has 3 atom stereocenters. The number of aryl methyl sites for hydroxylation is 2. The van der Waals surface area contributed by atoms with Crippen LogP contribution in [-0.4, -0.2) is 19.3 Å². The van der Waals surface area contributed by atoms with Gasteiger partial charge in [0.2, 0.25) is 0 Å². The van der Waals surface area contributed by atoms with Gasteiger partial charge in [0.25, 0.3) is 0 Å². The van der Waals surface area contributed by atoms with Crippen LogP contribution in [0.25, 0.3) is 33.3 Å². The molecule has 0 aliphatic heterocycles. The third kappa shape index (κ3) is 6.41. The molecule has 3 heterocycles. The normalized spacial score (nSPS) is 18.4. The monoisotopic (exact) mass is 678 g/mol. The van der Waals surface area contributed by atoms with Crippen LogP contribution < -0.4 is 4.74 Å². The fourth-order valence-corrected chi connectivity index (χ4v) is 8.52. The van der Waals surface area contributed by atoms with Crippen LogP contribution in [0.15, 0.2) is 90.6 Å². The maximum absolute atomic E-state index is 6.86. The molecule has 51 heavy (non-hydrogen) atoms. The summed E-state index contributed by atoms with van der Waals surface area (Å²) in [5.74, 6) is 4.02. The number of ether oxygens (including phenoxy) is 1. The van der Waals surface area contributed by atoms with E-state index >= 15 is 0 Å². The van der Waals surface area contributed by atoms with Crippen molar-refractivity contribution in [1.82, 2.24) is 19.3 Å². The third-order valence-corrected chi connectivity index (χ3v) is 10.8. The Morgan fingerprint density at radius 2 is 1.55 bits per heavy atom. The molecule has 7 rings (SSSR count). The van der Waals surface area contributed by atoms with E-state index in [0.717, 1.165) is 46.2 Å². The smallest absolute Gasteiger partial charge is 0.137 e. The van der Waals surface area contributed by atoms with Gasteiger partial charge < -0.3 is 4.74 Å².